The molecule has 132 valence electrons. The normalized spacial score (nSPS) is 10.4. The number of carbonyl (C=O) groups is 2. The maximum absolute atomic E-state index is 12.0. The SMILES string of the molecule is O=C(CCCCCCCCOC(=O)c1ccccc1)c1ccccc1. The van der Waals surface area contributed by atoms with Gasteiger partial charge in [0.15, 0.2) is 5.78 Å². The molecule has 3 heteroatoms. The van der Waals surface area contributed by atoms with Crippen LogP contribution in [0.1, 0.15) is 65.7 Å². The van der Waals surface area contributed by atoms with E-state index in [9.17, 15) is 9.59 Å². The number of benzene rings is 2. The van der Waals surface area contributed by atoms with Crippen LogP contribution in [0.5, 0.6) is 0 Å². The first kappa shape index (κ1) is 18.9. The van der Waals surface area contributed by atoms with Gasteiger partial charge in [-0.25, -0.2) is 4.79 Å². The van der Waals surface area contributed by atoms with Gasteiger partial charge in [-0.15, -0.1) is 0 Å². The standard InChI is InChI=1S/C22H26O3/c23-21(19-13-7-5-8-14-19)17-11-3-1-2-4-12-18-25-22(24)20-15-9-6-10-16-20/h5-10,13-16H,1-4,11-12,17-18H2. The van der Waals surface area contributed by atoms with E-state index in [1.54, 1.807) is 12.1 Å². The maximum Gasteiger partial charge on any atom is 0.338 e. The van der Waals surface area contributed by atoms with Crippen molar-refractivity contribution in [2.45, 2.75) is 44.9 Å². The zero-order chi connectivity index (χ0) is 17.7. The number of hydrogen-bond donors (Lipinski definition) is 0. The molecule has 0 radical (unpaired) electrons. The molecule has 3 nitrogen and oxygen atoms in total. The van der Waals surface area contributed by atoms with E-state index in [2.05, 4.69) is 0 Å². The van der Waals surface area contributed by atoms with Gasteiger partial charge in [-0.3, -0.25) is 4.79 Å². The molecule has 2 aromatic carbocycles. The van der Waals surface area contributed by atoms with Gasteiger partial charge in [-0.05, 0) is 25.0 Å². The Bertz CT molecular complexity index is 577. The van der Waals surface area contributed by atoms with Crippen LogP contribution in [0.2, 0.25) is 0 Å². The van der Waals surface area contributed by atoms with E-state index in [1.807, 2.05) is 48.5 Å². The second-order valence-electron chi connectivity index (χ2n) is 6.16. The summed E-state index contributed by atoms with van der Waals surface area (Å²) < 4.78 is 5.25. The molecule has 0 spiro atoms. The van der Waals surface area contributed by atoms with E-state index in [1.165, 1.54) is 0 Å². The molecule has 0 aliphatic rings. The highest BCUT2D eigenvalue weighted by atomic mass is 16.5. The van der Waals surface area contributed by atoms with Crippen molar-refractivity contribution in [2.24, 2.45) is 0 Å². The van der Waals surface area contributed by atoms with Gasteiger partial charge in [0, 0.05) is 12.0 Å². The Hall–Kier alpha value is -2.42. The molecule has 0 aliphatic heterocycles. The van der Waals surface area contributed by atoms with E-state index >= 15 is 0 Å². The van der Waals surface area contributed by atoms with E-state index in [0.29, 0.717) is 18.6 Å². The second-order valence-corrected chi connectivity index (χ2v) is 6.16. The van der Waals surface area contributed by atoms with Gasteiger partial charge >= 0.3 is 5.97 Å². The van der Waals surface area contributed by atoms with Crippen molar-refractivity contribution in [3.05, 3.63) is 71.8 Å². The molecule has 0 N–H and O–H groups in total. The molecule has 2 aromatic rings. The van der Waals surface area contributed by atoms with Gasteiger partial charge in [-0.2, -0.15) is 0 Å². The molecule has 0 heterocycles. The van der Waals surface area contributed by atoms with Crippen molar-refractivity contribution in [2.75, 3.05) is 6.61 Å². The lowest BCUT2D eigenvalue weighted by molar-refractivity contribution is 0.0497. The van der Waals surface area contributed by atoms with Gasteiger partial charge in [0.25, 0.3) is 0 Å². The summed E-state index contributed by atoms with van der Waals surface area (Å²) in [7, 11) is 0. The molecule has 25 heavy (non-hydrogen) atoms. The summed E-state index contributed by atoms with van der Waals surface area (Å²) in [4.78, 5) is 23.7. The van der Waals surface area contributed by atoms with Crippen LogP contribution < -0.4 is 0 Å². The lowest BCUT2D eigenvalue weighted by Gasteiger charge is -2.05. The maximum atomic E-state index is 12.0. The van der Waals surface area contributed by atoms with E-state index < -0.39 is 0 Å². The zero-order valence-corrected chi connectivity index (χ0v) is 14.7. The second kappa shape index (κ2) is 11.2. The summed E-state index contributed by atoms with van der Waals surface area (Å²) in [5.74, 6) is -0.0200. The third-order valence-electron chi connectivity index (χ3n) is 4.14. The van der Waals surface area contributed by atoms with Crippen molar-refractivity contribution >= 4 is 11.8 Å². The molecule has 0 unspecified atom stereocenters. The smallest absolute Gasteiger partial charge is 0.338 e. The molecule has 0 saturated heterocycles. The van der Waals surface area contributed by atoms with Crippen LogP contribution in [-0.4, -0.2) is 18.4 Å². The average Bonchev–Trinajstić information content (AvgIpc) is 2.67. The summed E-state index contributed by atoms with van der Waals surface area (Å²) in [5.41, 5.74) is 1.41. The number of carbonyl (C=O) groups excluding carboxylic acids is 2. The van der Waals surface area contributed by atoms with Gasteiger partial charge in [0.05, 0.1) is 12.2 Å². The Balaban J connectivity index is 1.45. The first-order chi connectivity index (χ1) is 12.3. The number of rotatable bonds is 11. The summed E-state index contributed by atoms with van der Waals surface area (Å²) in [6, 6.07) is 18.5. The quantitative estimate of drug-likeness (QED) is 0.310. The largest absolute Gasteiger partial charge is 0.462 e. The van der Waals surface area contributed by atoms with Crippen molar-refractivity contribution in [3.63, 3.8) is 0 Å². The Morgan fingerprint density at radius 2 is 1.16 bits per heavy atom. The van der Waals surface area contributed by atoms with Gasteiger partial charge < -0.3 is 4.74 Å². The monoisotopic (exact) mass is 338 g/mol. The molecule has 2 rings (SSSR count). The highest BCUT2D eigenvalue weighted by Crippen LogP contribution is 2.11. The third kappa shape index (κ3) is 7.34. The fourth-order valence-corrected chi connectivity index (χ4v) is 2.69. The number of hydrogen-bond acceptors (Lipinski definition) is 3. The van der Waals surface area contributed by atoms with Crippen molar-refractivity contribution in [3.8, 4) is 0 Å². The van der Waals surface area contributed by atoms with Crippen molar-refractivity contribution in [1.29, 1.82) is 0 Å². The molecular weight excluding hydrogens is 312 g/mol. The molecule has 0 aromatic heterocycles. The summed E-state index contributed by atoms with van der Waals surface area (Å²) in [5, 5.41) is 0. The number of Topliss-reactive ketones (excluding diaryl/α,β-unsaturated/α-hetero) is 1. The number of ether oxygens (including phenoxy) is 1. The minimum atomic E-state index is -0.250. The first-order valence-electron chi connectivity index (χ1n) is 9.08. The molecule has 0 atom stereocenters. The first-order valence-corrected chi connectivity index (χ1v) is 9.08. The number of ketones is 1. The molecular formula is C22H26O3. The topological polar surface area (TPSA) is 43.4 Å². The van der Waals surface area contributed by atoms with Crippen LogP contribution in [0, 0.1) is 0 Å². The fourth-order valence-electron chi connectivity index (χ4n) is 2.69. The Labute approximate surface area is 150 Å². The van der Waals surface area contributed by atoms with Crippen molar-refractivity contribution in [1.82, 2.24) is 0 Å². The Kier molecular flexibility index (Phi) is 8.46. The minimum Gasteiger partial charge on any atom is -0.462 e. The van der Waals surface area contributed by atoms with Crippen LogP contribution >= 0.6 is 0 Å². The van der Waals surface area contributed by atoms with Crippen molar-refractivity contribution < 1.29 is 14.3 Å². The highest BCUT2D eigenvalue weighted by molar-refractivity contribution is 5.95. The van der Waals surface area contributed by atoms with Crippen LogP contribution in [0.25, 0.3) is 0 Å². The predicted molar refractivity (Wildman–Crippen MR) is 99.8 cm³/mol. The van der Waals surface area contributed by atoms with E-state index in [0.717, 1.165) is 44.1 Å². The van der Waals surface area contributed by atoms with Crippen LogP contribution in [0.15, 0.2) is 60.7 Å². The number of esters is 1. The predicted octanol–water partition coefficient (Wildman–Crippen LogP) is 5.46. The summed E-state index contributed by atoms with van der Waals surface area (Å²) in [6.07, 6.45) is 6.81. The molecule has 0 bridgehead atoms. The van der Waals surface area contributed by atoms with Crippen LogP contribution in [0.4, 0.5) is 0 Å². The van der Waals surface area contributed by atoms with Crippen LogP contribution in [0.3, 0.4) is 0 Å². The van der Waals surface area contributed by atoms with Gasteiger partial charge in [0.2, 0.25) is 0 Å². The fraction of sp³-hybridized carbons (Fsp3) is 0.364. The summed E-state index contributed by atoms with van der Waals surface area (Å²) in [6.45, 7) is 0.472. The van der Waals surface area contributed by atoms with Crippen LogP contribution in [-0.2, 0) is 4.74 Å². The lowest BCUT2D eigenvalue weighted by Crippen LogP contribution is -2.06. The number of unbranched alkanes of at least 4 members (excludes halogenated alkanes) is 5. The lowest BCUT2D eigenvalue weighted by atomic mass is 10.0. The molecule has 0 fully saturated rings. The molecule has 0 aliphatic carbocycles. The van der Waals surface area contributed by atoms with E-state index in [-0.39, 0.29) is 11.8 Å². The van der Waals surface area contributed by atoms with E-state index in [4.69, 9.17) is 4.74 Å². The molecule has 0 saturated carbocycles. The third-order valence-corrected chi connectivity index (χ3v) is 4.14. The highest BCUT2D eigenvalue weighted by Gasteiger charge is 2.05. The molecule has 0 amide bonds. The summed E-state index contributed by atoms with van der Waals surface area (Å²) >= 11 is 0. The van der Waals surface area contributed by atoms with Gasteiger partial charge in [-0.1, -0.05) is 74.2 Å². The Morgan fingerprint density at radius 3 is 1.80 bits per heavy atom. The zero-order valence-electron chi connectivity index (χ0n) is 14.7. The minimum absolute atomic E-state index is 0.230. The Morgan fingerprint density at radius 1 is 0.640 bits per heavy atom. The average molecular weight is 338 g/mol. The van der Waals surface area contributed by atoms with Gasteiger partial charge in [0.1, 0.15) is 0 Å².